The Morgan fingerprint density at radius 1 is 1.43 bits per heavy atom. The molecule has 0 radical (unpaired) electrons. The second-order valence-corrected chi connectivity index (χ2v) is 5.58. The molecule has 0 aromatic heterocycles. The van der Waals surface area contributed by atoms with Gasteiger partial charge in [-0.05, 0) is 26.8 Å². The number of hydrogen-bond acceptors (Lipinski definition) is 6. The molecular weight excluding hydrogens is 278 g/mol. The highest BCUT2D eigenvalue weighted by atomic mass is 16.8. The number of ether oxygens (including phenoxy) is 3. The van der Waals surface area contributed by atoms with E-state index in [4.69, 9.17) is 14.2 Å². The smallest absolute Gasteiger partial charge is 0.336 e. The number of nitrogens with one attached hydrogen (secondary N) is 1. The minimum Gasteiger partial charge on any atom is -0.463 e. The van der Waals surface area contributed by atoms with Gasteiger partial charge in [-0.25, -0.2) is 4.79 Å². The molecule has 2 N–H and O–H groups in total. The van der Waals surface area contributed by atoms with Crippen LogP contribution in [0.5, 0.6) is 0 Å². The minimum atomic E-state index is -1.05. The van der Waals surface area contributed by atoms with E-state index < -0.39 is 36.1 Å². The van der Waals surface area contributed by atoms with Gasteiger partial charge in [-0.3, -0.25) is 4.79 Å². The number of esters is 1. The van der Waals surface area contributed by atoms with Crippen LogP contribution in [0.3, 0.4) is 0 Å². The highest BCUT2D eigenvalue weighted by Crippen LogP contribution is 2.38. The summed E-state index contributed by atoms with van der Waals surface area (Å²) in [6.45, 7) is 6.71. The fourth-order valence-corrected chi connectivity index (χ4v) is 2.67. The van der Waals surface area contributed by atoms with Crippen LogP contribution in [0, 0.1) is 0 Å². The Morgan fingerprint density at radius 2 is 2.10 bits per heavy atom. The molecule has 7 nitrogen and oxygen atoms in total. The molecule has 7 heteroatoms. The summed E-state index contributed by atoms with van der Waals surface area (Å²) in [7, 11) is 0. The number of hydrogen-bond donors (Lipinski definition) is 2. The molecule has 0 aromatic rings. The normalized spacial score (nSPS) is 33.9. The van der Waals surface area contributed by atoms with Gasteiger partial charge in [-0.15, -0.1) is 0 Å². The summed E-state index contributed by atoms with van der Waals surface area (Å²) in [5.41, 5.74) is 0.224. The molecular formula is C14H21NO6. The number of amides is 1. The van der Waals surface area contributed by atoms with Crippen LogP contribution in [0.4, 0.5) is 0 Å². The summed E-state index contributed by atoms with van der Waals surface area (Å²) < 4.78 is 16.5. The first-order valence-electron chi connectivity index (χ1n) is 6.95. The third-order valence-electron chi connectivity index (χ3n) is 3.39. The van der Waals surface area contributed by atoms with Crippen molar-refractivity contribution in [2.75, 3.05) is 6.61 Å². The summed E-state index contributed by atoms with van der Waals surface area (Å²) in [5, 5.41) is 12.8. The molecule has 118 valence electrons. The largest absolute Gasteiger partial charge is 0.463 e. The van der Waals surface area contributed by atoms with Crippen molar-refractivity contribution in [1.29, 1.82) is 0 Å². The van der Waals surface area contributed by atoms with Crippen molar-refractivity contribution in [2.24, 2.45) is 0 Å². The van der Waals surface area contributed by atoms with E-state index in [1.54, 1.807) is 20.8 Å². The maximum Gasteiger partial charge on any atom is 0.336 e. The van der Waals surface area contributed by atoms with Gasteiger partial charge in [0.15, 0.2) is 5.79 Å². The molecule has 2 rings (SSSR count). The fourth-order valence-electron chi connectivity index (χ4n) is 2.67. The van der Waals surface area contributed by atoms with Gasteiger partial charge in [0.25, 0.3) is 0 Å². The van der Waals surface area contributed by atoms with Gasteiger partial charge in [0.05, 0.1) is 24.3 Å². The lowest BCUT2D eigenvalue weighted by atomic mass is 9.87. The van der Waals surface area contributed by atoms with Crippen LogP contribution in [-0.4, -0.2) is 53.7 Å². The highest BCUT2D eigenvalue weighted by Gasteiger charge is 2.52. The molecule has 1 fully saturated rings. The van der Waals surface area contributed by atoms with Gasteiger partial charge in [0, 0.05) is 6.92 Å². The second-order valence-electron chi connectivity index (χ2n) is 5.58. The van der Waals surface area contributed by atoms with Gasteiger partial charge in [0.1, 0.15) is 12.2 Å². The predicted molar refractivity (Wildman–Crippen MR) is 72.2 cm³/mol. The van der Waals surface area contributed by atoms with Gasteiger partial charge in [0.2, 0.25) is 5.91 Å². The first-order valence-corrected chi connectivity index (χ1v) is 6.95. The maximum atomic E-state index is 12.0. The maximum absolute atomic E-state index is 12.0. The summed E-state index contributed by atoms with van der Waals surface area (Å²) in [6.07, 6.45) is -1.01. The molecule has 1 heterocycles. The van der Waals surface area contributed by atoms with E-state index in [0.717, 1.165) is 0 Å². The predicted octanol–water partition coefficient (Wildman–Crippen LogP) is -0.125. The average Bonchev–Trinajstić information content (AvgIpc) is 2.68. The first kappa shape index (κ1) is 15.9. The first-order chi connectivity index (χ1) is 9.75. The van der Waals surface area contributed by atoms with Crippen molar-refractivity contribution < 1.29 is 28.9 Å². The molecule has 1 amide bonds. The minimum absolute atomic E-state index is 0.224. The Balaban J connectivity index is 2.32. The molecule has 1 aliphatic carbocycles. The number of carbonyl (C=O) groups is 2. The van der Waals surface area contributed by atoms with E-state index in [2.05, 4.69) is 5.32 Å². The van der Waals surface area contributed by atoms with Crippen LogP contribution in [0.2, 0.25) is 0 Å². The standard InChI is InChI=1S/C14H21NO6/c1-5-19-13(18)8-6-9(17)10(15-7(2)16)12-11(8)20-14(3,4)21-12/h6,9-12,17H,5H2,1-4H3,(H,15,16)/t9-,10-,11-,12+/m1/s1. The van der Waals surface area contributed by atoms with Crippen LogP contribution in [0.15, 0.2) is 11.6 Å². The van der Waals surface area contributed by atoms with E-state index in [0.29, 0.717) is 0 Å². The topological polar surface area (TPSA) is 94.1 Å². The average molecular weight is 299 g/mol. The van der Waals surface area contributed by atoms with E-state index in [1.807, 2.05) is 0 Å². The molecule has 0 bridgehead atoms. The summed E-state index contributed by atoms with van der Waals surface area (Å²) in [4.78, 5) is 23.3. The van der Waals surface area contributed by atoms with Crippen molar-refractivity contribution in [3.63, 3.8) is 0 Å². The molecule has 0 aromatic carbocycles. The molecule has 21 heavy (non-hydrogen) atoms. The molecule has 0 saturated carbocycles. The summed E-state index contributed by atoms with van der Waals surface area (Å²) >= 11 is 0. The van der Waals surface area contributed by atoms with Crippen molar-refractivity contribution >= 4 is 11.9 Å². The molecule has 0 unspecified atom stereocenters. The molecule has 1 saturated heterocycles. The van der Waals surface area contributed by atoms with E-state index in [-0.39, 0.29) is 18.1 Å². The van der Waals surface area contributed by atoms with Gasteiger partial charge < -0.3 is 24.6 Å². The Morgan fingerprint density at radius 3 is 2.67 bits per heavy atom. The third kappa shape index (κ3) is 3.25. The second kappa shape index (κ2) is 5.75. The van der Waals surface area contributed by atoms with Crippen LogP contribution in [0.25, 0.3) is 0 Å². The molecule has 0 spiro atoms. The molecule has 2 aliphatic rings. The Bertz CT molecular complexity index is 472. The number of aliphatic hydroxyl groups is 1. The van der Waals surface area contributed by atoms with Gasteiger partial charge >= 0.3 is 5.97 Å². The third-order valence-corrected chi connectivity index (χ3v) is 3.39. The van der Waals surface area contributed by atoms with Crippen LogP contribution < -0.4 is 5.32 Å². The van der Waals surface area contributed by atoms with E-state index in [9.17, 15) is 14.7 Å². The number of aliphatic hydroxyl groups excluding tert-OH is 1. The SMILES string of the molecule is CCOC(=O)C1=C[C@@H](O)[C@@H](NC(C)=O)[C@@H]2OC(C)(C)O[C@H]12. The lowest BCUT2D eigenvalue weighted by Crippen LogP contribution is -2.56. The monoisotopic (exact) mass is 299 g/mol. The van der Waals surface area contributed by atoms with Crippen LogP contribution in [0.1, 0.15) is 27.7 Å². The summed E-state index contributed by atoms with van der Waals surface area (Å²) in [5.74, 6) is -1.75. The number of fused-ring (bicyclic) bond motifs is 1. The Labute approximate surface area is 123 Å². The fraction of sp³-hybridized carbons (Fsp3) is 0.714. The van der Waals surface area contributed by atoms with Crippen molar-refractivity contribution in [3.05, 3.63) is 11.6 Å². The Hall–Kier alpha value is -1.44. The number of rotatable bonds is 3. The zero-order chi connectivity index (χ0) is 15.8. The van der Waals surface area contributed by atoms with Gasteiger partial charge in [-0.1, -0.05) is 0 Å². The summed E-state index contributed by atoms with van der Waals surface area (Å²) in [6, 6.07) is -0.674. The van der Waals surface area contributed by atoms with Crippen molar-refractivity contribution in [1.82, 2.24) is 5.32 Å². The van der Waals surface area contributed by atoms with E-state index in [1.165, 1.54) is 13.0 Å². The molecule has 1 aliphatic heterocycles. The van der Waals surface area contributed by atoms with E-state index >= 15 is 0 Å². The lowest BCUT2D eigenvalue weighted by Gasteiger charge is -2.34. The van der Waals surface area contributed by atoms with Crippen molar-refractivity contribution in [2.45, 2.75) is 57.8 Å². The quantitative estimate of drug-likeness (QED) is 0.705. The van der Waals surface area contributed by atoms with Gasteiger partial charge in [-0.2, -0.15) is 0 Å². The van der Waals surface area contributed by atoms with Crippen molar-refractivity contribution in [3.8, 4) is 0 Å². The number of carbonyl (C=O) groups excluding carboxylic acids is 2. The Kier molecular flexibility index (Phi) is 4.36. The highest BCUT2D eigenvalue weighted by molar-refractivity contribution is 5.90. The van der Waals surface area contributed by atoms with Crippen LogP contribution in [-0.2, 0) is 23.8 Å². The molecule has 4 atom stereocenters. The zero-order valence-corrected chi connectivity index (χ0v) is 12.6. The zero-order valence-electron chi connectivity index (χ0n) is 12.6. The lowest BCUT2D eigenvalue weighted by molar-refractivity contribution is -0.150. The van der Waals surface area contributed by atoms with Crippen LogP contribution >= 0.6 is 0 Å².